The number of nitrogens with two attached hydrogens (primary N) is 1. The van der Waals surface area contributed by atoms with E-state index in [-0.39, 0.29) is 11.5 Å². The van der Waals surface area contributed by atoms with Gasteiger partial charge in [0, 0.05) is 24.5 Å². The van der Waals surface area contributed by atoms with Gasteiger partial charge in [-0.1, -0.05) is 24.6 Å². The van der Waals surface area contributed by atoms with E-state index in [1.807, 2.05) is 0 Å². The molecule has 2 N–H and O–H groups in total. The fraction of sp³-hybridized carbons (Fsp3) is 0.600. The molecule has 0 amide bonds. The van der Waals surface area contributed by atoms with Gasteiger partial charge in [-0.2, -0.15) is 0 Å². The molecule has 0 unspecified atom stereocenters. The highest BCUT2D eigenvalue weighted by molar-refractivity contribution is 7.91. The highest BCUT2D eigenvalue weighted by Gasteiger charge is 2.10. The largest absolute Gasteiger partial charge is 0.371 e. The van der Waals surface area contributed by atoms with Crippen molar-refractivity contribution in [1.82, 2.24) is 0 Å². The molecule has 0 radical (unpaired) electrons. The Morgan fingerprint density at radius 1 is 1.10 bits per heavy atom. The second-order valence-electron chi connectivity index (χ2n) is 5.05. The SMILES string of the molecule is CCS(=O)(=O)CCCN(CCCN)c1ccc(C)cc1. The van der Waals surface area contributed by atoms with Crippen molar-refractivity contribution >= 4 is 15.5 Å². The summed E-state index contributed by atoms with van der Waals surface area (Å²) >= 11 is 0. The molecule has 0 fully saturated rings. The minimum atomic E-state index is -2.88. The molecule has 114 valence electrons. The number of nitrogens with zero attached hydrogens (tertiary/aromatic N) is 1. The second kappa shape index (κ2) is 8.27. The van der Waals surface area contributed by atoms with Gasteiger partial charge in [0.1, 0.15) is 9.84 Å². The van der Waals surface area contributed by atoms with Crippen LogP contribution in [0.4, 0.5) is 5.69 Å². The van der Waals surface area contributed by atoms with Crippen molar-refractivity contribution in [3.05, 3.63) is 29.8 Å². The van der Waals surface area contributed by atoms with E-state index in [2.05, 4.69) is 36.1 Å². The topological polar surface area (TPSA) is 63.4 Å². The highest BCUT2D eigenvalue weighted by Crippen LogP contribution is 2.16. The average molecular weight is 298 g/mol. The number of rotatable bonds is 9. The Labute approximate surface area is 122 Å². The van der Waals surface area contributed by atoms with Crippen LogP contribution in [0.5, 0.6) is 0 Å². The highest BCUT2D eigenvalue weighted by atomic mass is 32.2. The zero-order valence-electron chi connectivity index (χ0n) is 12.5. The summed E-state index contributed by atoms with van der Waals surface area (Å²) in [4.78, 5) is 2.22. The van der Waals surface area contributed by atoms with E-state index in [1.165, 1.54) is 5.56 Å². The molecule has 0 heterocycles. The van der Waals surface area contributed by atoms with Gasteiger partial charge >= 0.3 is 0 Å². The lowest BCUT2D eigenvalue weighted by Crippen LogP contribution is -2.28. The van der Waals surface area contributed by atoms with Gasteiger partial charge in [-0.25, -0.2) is 8.42 Å². The smallest absolute Gasteiger partial charge is 0.150 e. The normalized spacial score (nSPS) is 11.6. The lowest BCUT2D eigenvalue weighted by molar-refractivity contribution is 0.593. The van der Waals surface area contributed by atoms with Crippen molar-refractivity contribution < 1.29 is 8.42 Å². The molecular formula is C15H26N2O2S. The van der Waals surface area contributed by atoms with E-state index in [0.29, 0.717) is 13.0 Å². The molecule has 5 heteroatoms. The quantitative estimate of drug-likeness (QED) is 0.757. The molecule has 0 atom stereocenters. The number of sulfone groups is 1. The summed E-state index contributed by atoms with van der Waals surface area (Å²) in [7, 11) is -2.88. The minimum absolute atomic E-state index is 0.223. The minimum Gasteiger partial charge on any atom is -0.371 e. The van der Waals surface area contributed by atoms with Crippen LogP contribution < -0.4 is 10.6 Å². The van der Waals surface area contributed by atoms with Crippen molar-refractivity contribution in [2.75, 3.05) is 36.0 Å². The molecule has 0 aromatic heterocycles. The predicted octanol–water partition coefficient (Wildman–Crippen LogP) is 1.98. The van der Waals surface area contributed by atoms with Gasteiger partial charge < -0.3 is 10.6 Å². The third kappa shape index (κ3) is 5.92. The first-order valence-electron chi connectivity index (χ1n) is 7.20. The van der Waals surface area contributed by atoms with Gasteiger partial charge in [0.05, 0.1) is 5.75 Å². The molecule has 0 aliphatic rings. The molecule has 20 heavy (non-hydrogen) atoms. The lowest BCUT2D eigenvalue weighted by atomic mass is 10.2. The fourth-order valence-corrected chi connectivity index (χ4v) is 2.88. The van der Waals surface area contributed by atoms with Crippen LogP contribution in [0, 0.1) is 6.92 Å². The van der Waals surface area contributed by atoms with Crippen molar-refractivity contribution in [2.45, 2.75) is 26.7 Å². The molecule has 0 saturated carbocycles. The van der Waals surface area contributed by atoms with Crippen LogP contribution in [-0.4, -0.2) is 39.6 Å². The van der Waals surface area contributed by atoms with Gasteiger partial charge in [-0.05, 0) is 38.4 Å². The first-order chi connectivity index (χ1) is 9.48. The maximum atomic E-state index is 11.5. The first-order valence-corrected chi connectivity index (χ1v) is 9.02. The Morgan fingerprint density at radius 3 is 2.25 bits per heavy atom. The first kappa shape index (κ1) is 17.0. The molecular weight excluding hydrogens is 272 g/mol. The number of anilines is 1. The summed E-state index contributed by atoms with van der Waals surface area (Å²) in [5.74, 6) is 0.481. The van der Waals surface area contributed by atoms with Crippen LogP contribution in [0.3, 0.4) is 0 Å². The van der Waals surface area contributed by atoms with Crippen LogP contribution >= 0.6 is 0 Å². The molecule has 0 aliphatic heterocycles. The van der Waals surface area contributed by atoms with E-state index in [1.54, 1.807) is 6.92 Å². The monoisotopic (exact) mass is 298 g/mol. The molecule has 1 aromatic carbocycles. The summed E-state index contributed by atoms with van der Waals surface area (Å²) in [5, 5.41) is 0. The number of hydrogen-bond donors (Lipinski definition) is 1. The summed E-state index contributed by atoms with van der Waals surface area (Å²) in [6.07, 6.45) is 1.57. The zero-order chi connectivity index (χ0) is 15.0. The van der Waals surface area contributed by atoms with Gasteiger partial charge in [0.2, 0.25) is 0 Å². The third-order valence-corrected chi connectivity index (χ3v) is 5.14. The summed E-state index contributed by atoms with van der Waals surface area (Å²) in [6, 6.07) is 8.32. The Morgan fingerprint density at radius 2 is 1.70 bits per heavy atom. The number of aryl methyl sites for hydroxylation is 1. The number of hydrogen-bond acceptors (Lipinski definition) is 4. The van der Waals surface area contributed by atoms with Gasteiger partial charge in [0.25, 0.3) is 0 Å². The molecule has 0 aliphatic carbocycles. The van der Waals surface area contributed by atoms with Crippen LogP contribution in [0.15, 0.2) is 24.3 Å². The van der Waals surface area contributed by atoms with Crippen molar-refractivity contribution in [3.63, 3.8) is 0 Å². The Balaban J connectivity index is 2.62. The maximum absolute atomic E-state index is 11.5. The standard InChI is InChI=1S/C15H26N2O2S/c1-3-20(18,19)13-5-12-17(11-4-10-16)15-8-6-14(2)7-9-15/h6-9H,3-5,10-13,16H2,1-2H3. The molecule has 1 rings (SSSR count). The van der Waals surface area contributed by atoms with Crippen molar-refractivity contribution in [3.8, 4) is 0 Å². The lowest BCUT2D eigenvalue weighted by Gasteiger charge is -2.25. The summed E-state index contributed by atoms with van der Waals surface area (Å²) < 4.78 is 23.1. The van der Waals surface area contributed by atoms with Crippen molar-refractivity contribution in [1.29, 1.82) is 0 Å². The third-order valence-electron chi connectivity index (χ3n) is 3.35. The van der Waals surface area contributed by atoms with Gasteiger partial charge in [-0.15, -0.1) is 0 Å². The van der Waals surface area contributed by atoms with Crippen LogP contribution in [0.2, 0.25) is 0 Å². The molecule has 1 aromatic rings. The Hall–Kier alpha value is -1.07. The number of benzene rings is 1. The van der Waals surface area contributed by atoms with E-state index in [4.69, 9.17) is 5.73 Å². The average Bonchev–Trinajstić information content (AvgIpc) is 2.43. The van der Waals surface area contributed by atoms with Crippen LogP contribution in [0.25, 0.3) is 0 Å². The molecule has 4 nitrogen and oxygen atoms in total. The molecule has 0 saturated heterocycles. The van der Waals surface area contributed by atoms with Gasteiger partial charge in [-0.3, -0.25) is 0 Å². The van der Waals surface area contributed by atoms with Crippen molar-refractivity contribution in [2.24, 2.45) is 5.73 Å². The fourth-order valence-electron chi connectivity index (χ4n) is 2.03. The molecule has 0 spiro atoms. The molecule has 0 bridgehead atoms. The second-order valence-corrected chi connectivity index (χ2v) is 7.53. The zero-order valence-corrected chi connectivity index (χ0v) is 13.3. The van der Waals surface area contributed by atoms with E-state index < -0.39 is 9.84 Å². The van der Waals surface area contributed by atoms with E-state index in [9.17, 15) is 8.42 Å². The van der Waals surface area contributed by atoms with Gasteiger partial charge in [0.15, 0.2) is 0 Å². The maximum Gasteiger partial charge on any atom is 0.150 e. The summed E-state index contributed by atoms with van der Waals surface area (Å²) in [6.45, 7) is 6.02. The van der Waals surface area contributed by atoms with Crippen LogP contribution in [-0.2, 0) is 9.84 Å². The van der Waals surface area contributed by atoms with E-state index >= 15 is 0 Å². The Bertz CT molecular complexity index is 483. The van der Waals surface area contributed by atoms with Crippen LogP contribution in [0.1, 0.15) is 25.3 Å². The Kier molecular flexibility index (Phi) is 7.02. The van der Waals surface area contributed by atoms with E-state index in [0.717, 1.165) is 25.2 Å². The predicted molar refractivity (Wildman–Crippen MR) is 86.0 cm³/mol. The summed E-state index contributed by atoms with van der Waals surface area (Å²) in [5.41, 5.74) is 7.94.